The SMILES string of the molecule is CC(C)c1noc(C2CCCN2Cc2ccc(Cl)s2)n1. The van der Waals surface area contributed by atoms with Gasteiger partial charge in [-0.3, -0.25) is 4.90 Å². The number of halogens is 1. The number of hydrogen-bond donors (Lipinski definition) is 0. The molecule has 1 aliphatic rings. The molecule has 0 amide bonds. The van der Waals surface area contributed by atoms with Crippen LogP contribution in [0.4, 0.5) is 0 Å². The van der Waals surface area contributed by atoms with Gasteiger partial charge in [-0.2, -0.15) is 4.98 Å². The molecule has 2 aromatic heterocycles. The molecule has 0 spiro atoms. The zero-order valence-electron chi connectivity index (χ0n) is 11.7. The number of thiophene rings is 1. The summed E-state index contributed by atoms with van der Waals surface area (Å²) in [6.45, 7) is 6.13. The van der Waals surface area contributed by atoms with E-state index in [2.05, 4.69) is 35.0 Å². The van der Waals surface area contributed by atoms with Gasteiger partial charge in [0.05, 0.1) is 10.4 Å². The van der Waals surface area contributed by atoms with Crippen LogP contribution in [-0.4, -0.2) is 21.6 Å². The quantitative estimate of drug-likeness (QED) is 0.846. The van der Waals surface area contributed by atoms with Crippen LogP contribution in [0.25, 0.3) is 0 Å². The molecular weight excluding hydrogens is 294 g/mol. The van der Waals surface area contributed by atoms with Gasteiger partial charge in [-0.05, 0) is 31.5 Å². The first-order valence-corrected chi connectivity index (χ1v) is 8.14. The Hall–Kier alpha value is -0.910. The summed E-state index contributed by atoms with van der Waals surface area (Å²) in [5, 5.41) is 4.07. The van der Waals surface area contributed by atoms with Crippen molar-refractivity contribution in [2.45, 2.75) is 45.2 Å². The summed E-state index contributed by atoms with van der Waals surface area (Å²) in [6, 6.07) is 4.29. The first-order chi connectivity index (χ1) is 9.63. The van der Waals surface area contributed by atoms with Crippen LogP contribution in [0.3, 0.4) is 0 Å². The lowest BCUT2D eigenvalue weighted by Gasteiger charge is -2.20. The van der Waals surface area contributed by atoms with E-state index in [1.165, 1.54) is 11.3 Å². The lowest BCUT2D eigenvalue weighted by atomic mass is 10.2. The van der Waals surface area contributed by atoms with Gasteiger partial charge in [-0.1, -0.05) is 30.6 Å². The predicted molar refractivity (Wildman–Crippen MR) is 80.1 cm³/mol. The number of hydrogen-bond acceptors (Lipinski definition) is 5. The fourth-order valence-corrected chi connectivity index (χ4v) is 3.66. The molecule has 6 heteroatoms. The maximum absolute atomic E-state index is 6.00. The molecule has 3 heterocycles. The molecule has 0 saturated carbocycles. The average molecular weight is 312 g/mol. The molecule has 0 radical (unpaired) electrons. The highest BCUT2D eigenvalue weighted by atomic mass is 35.5. The summed E-state index contributed by atoms with van der Waals surface area (Å²) in [5.41, 5.74) is 0. The average Bonchev–Trinajstić information content (AvgIpc) is 3.10. The molecular formula is C14H18ClN3OS. The van der Waals surface area contributed by atoms with Gasteiger partial charge < -0.3 is 4.52 Å². The Labute approximate surface area is 127 Å². The van der Waals surface area contributed by atoms with E-state index in [0.717, 1.165) is 35.6 Å². The minimum atomic E-state index is 0.246. The lowest BCUT2D eigenvalue weighted by molar-refractivity contribution is 0.202. The van der Waals surface area contributed by atoms with E-state index in [1.54, 1.807) is 11.3 Å². The third-order valence-electron chi connectivity index (χ3n) is 3.61. The zero-order chi connectivity index (χ0) is 14.1. The van der Waals surface area contributed by atoms with Gasteiger partial charge in [0.25, 0.3) is 0 Å². The molecule has 0 aliphatic carbocycles. The second kappa shape index (κ2) is 5.84. The van der Waals surface area contributed by atoms with Crippen molar-refractivity contribution in [2.24, 2.45) is 0 Å². The van der Waals surface area contributed by atoms with E-state index >= 15 is 0 Å². The number of rotatable bonds is 4. The molecule has 1 fully saturated rings. The fraction of sp³-hybridized carbons (Fsp3) is 0.571. The topological polar surface area (TPSA) is 42.2 Å². The molecule has 1 unspecified atom stereocenters. The highest BCUT2D eigenvalue weighted by molar-refractivity contribution is 7.16. The van der Waals surface area contributed by atoms with E-state index in [4.69, 9.17) is 16.1 Å². The van der Waals surface area contributed by atoms with Gasteiger partial charge in [0.1, 0.15) is 0 Å². The Morgan fingerprint density at radius 1 is 1.50 bits per heavy atom. The number of nitrogens with zero attached hydrogens (tertiary/aromatic N) is 3. The molecule has 20 heavy (non-hydrogen) atoms. The van der Waals surface area contributed by atoms with Crippen molar-refractivity contribution in [1.29, 1.82) is 0 Å². The van der Waals surface area contributed by atoms with Crippen LogP contribution in [0.5, 0.6) is 0 Å². The van der Waals surface area contributed by atoms with E-state index in [1.807, 2.05) is 6.07 Å². The highest BCUT2D eigenvalue weighted by Gasteiger charge is 2.31. The van der Waals surface area contributed by atoms with Crippen LogP contribution < -0.4 is 0 Å². The molecule has 3 rings (SSSR count). The van der Waals surface area contributed by atoms with Crippen molar-refractivity contribution in [3.05, 3.63) is 33.1 Å². The van der Waals surface area contributed by atoms with Gasteiger partial charge in [0, 0.05) is 17.3 Å². The first-order valence-electron chi connectivity index (χ1n) is 6.95. The fourth-order valence-electron chi connectivity index (χ4n) is 2.55. The summed E-state index contributed by atoms with van der Waals surface area (Å²) in [6.07, 6.45) is 2.25. The Morgan fingerprint density at radius 2 is 2.35 bits per heavy atom. The molecule has 1 atom stereocenters. The number of likely N-dealkylation sites (tertiary alicyclic amines) is 1. The van der Waals surface area contributed by atoms with Crippen LogP contribution in [0, 0.1) is 0 Å². The Morgan fingerprint density at radius 3 is 3.00 bits per heavy atom. The lowest BCUT2D eigenvalue weighted by Crippen LogP contribution is -2.22. The largest absolute Gasteiger partial charge is 0.338 e. The summed E-state index contributed by atoms with van der Waals surface area (Å²) in [5.74, 6) is 1.86. The number of aromatic nitrogens is 2. The van der Waals surface area contributed by atoms with Crippen molar-refractivity contribution >= 4 is 22.9 Å². The van der Waals surface area contributed by atoms with Crippen LogP contribution in [0.1, 0.15) is 55.2 Å². The first kappa shape index (κ1) is 14.0. The third kappa shape index (κ3) is 2.90. The van der Waals surface area contributed by atoms with Crippen molar-refractivity contribution in [3.8, 4) is 0 Å². The minimum Gasteiger partial charge on any atom is -0.338 e. The smallest absolute Gasteiger partial charge is 0.244 e. The molecule has 1 saturated heterocycles. The molecule has 0 bridgehead atoms. The van der Waals surface area contributed by atoms with E-state index in [9.17, 15) is 0 Å². The second-order valence-electron chi connectivity index (χ2n) is 5.48. The van der Waals surface area contributed by atoms with Crippen LogP contribution in [0.2, 0.25) is 4.34 Å². The second-order valence-corrected chi connectivity index (χ2v) is 7.28. The standard InChI is InChI=1S/C14H18ClN3OS/c1-9(2)13-16-14(19-17-13)11-4-3-7-18(11)8-10-5-6-12(15)20-10/h5-6,9,11H,3-4,7-8H2,1-2H3. The molecule has 0 aromatic carbocycles. The van der Waals surface area contributed by atoms with Crippen LogP contribution in [0.15, 0.2) is 16.7 Å². The van der Waals surface area contributed by atoms with Gasteiger partial charge >= 0.3 is 0 Å². The monoisotopic (exact) mass is 311 g/mol. The van der Waals surface area contributed by atoms with E-state index in [0.29, 0.717) is 5.92 Å². The van der Waals surface area contributed by atoms with Crippen molar-refractivity contribution < 1.29 is 4.52 Å². The molecule has 2 aromatic rings. The molecule has 0 N–H and O–H groups in total. The van der Waals surface area contributed by atoms with Crippen LogP contribution >= 0.6 is 22.9 Å². The van der Waals surface area contributed by atoms with Crippen LogP contribution in [-0.2, 0) is 6.54 Å². The van der Waals surface area contributed by atoms with Gasteiger partial charge in [0.15, 0.2) is 5.82 Å². The minimum absolute atomic E-state index is 0.246. The predicted octanol–water partition coefficient (Wildman–Crippen LogP) is 4.25. The molecule has 108 valence electrons. The highest BCUT2D eigenvalue weighted by Crippen LogP contribution is 2.34. The Bertz CT molecular complexity index is 580. The summed E-state index contributed by atoms with van der Waals surface area (Å²) < 4.78 is 6.30. The van der Waals surface area contributed by atoms with Crippen molar-refractivity contribution in [3.63, 3.8) is 0 Å². The zero-order valence-corrected chi connectivity index (χ0v) is 13.2. The normalized spacial score (nSPS) is 20.1. The summed E-state index contributed by atoms with van der Waals surface area (Å²) in [4.78, 5) is 8.23. The Kier molecular flexibility index (Phi) is 4.10. The van der Waals surface area contributed by atoms with Gasteiger partial charge in [0.2, 0.25) is 5.89 Å². The maximum Gasteiger partial charge on any atom is 0.244 e. The van der Waals surface area contributed by atoms with E-state index < -0.39 is 0 Å². The van der Waals surface area contributed by atoms with E-state index in [-0.39, 0.29) is 6.04 Å². The summed E-state index contributed by atoms with van der Waals surface area (Å²) in [7, 11) is 0. The van der Waals surface area contributed by atoms with Crippen molar-refractivity contribution in [1.82, 2.24) is 15.0 Å². The van der Waals surface area contributed by atoms with Gasteiger partial charge in [-0.25, -0.2) is 0 Å². The molecule has 1 aliphatic heterocycles. The third-order valence-corrected chi connectivity index (χ3v) is 4.83. The summed E-state index contributed by atoms with van der Waals surface area (Å²) >= 11 is 7.64. The molecule has 4 nitrogen and oxygen atoms in total. The Balaban J connectivity index is 1.74. The maximum atomic E-state index is 6.00. The van der Waals surface area contributed by atoms with Crippen molar-refractivity contribution in [2.75, 3.05) is 6.54 Å². The van der Waals surface area contributed by atoms with Gasteiger partial charge in [-0.15, -0.1) is 11.3 Å².